The van der Waals surface area contributed by atoms with Gasteiger partial charge in [0.15, 0.2) is 0 Å². The van der Waals surface area contributed by atoms with Crippen molar-refractivity contribution in [2.75, 3.05) is 62.0 Å². The van der Waals surface area contributed by atoms with Crippen LogP contribution >= 0.6 is 0 Å². The SMILES string of the molecule is NCCOCCOCCNC(=O)c1ccc(Nc2nc(NCCc3ccccc3)nc(NCc3ccccc3)n2)cc1. The van der Waals surface area contributed by atoms with Crippen molar-refractivity contribution in [2.45, 2.75) is 13.0 Å². The first-order valence-electron chi connectivity index (χ1n) is 14.0. The maximum absolute atomic E-state index is 12.5. The molecule has 220 valence electrons. The van der Waals surface area contributed by atoms with Crippen LogP contribution in [0.4, 0.5) is 23.5 Å². The lowest BCUT2D eigenvalue weighted by atomic mass is 10.1. The van der Waals surface area contributed by atoms with Gasteiger partial charge < -0.3 is 36.5 Å². The van der Waals surface area contributed by atoms with Crippen LogP contribution in [0.5, 0.6) is 0 Å². The van der Waals surface area contributed by atoms with Gasteiger partial charge in [0.2, 0.25) is 17.8 Å². The first kappa shape index (κ1) is 30.4. The molecule has 0 aliphatic rings. The lowest BCUT2D eigenvalue weighted by Crippen LogP contribution is -2.27. The maximum Gasteiger partial charge on any atom is 0.251 e. The van der Waals surface area contributed by atoms with Crippen molar-refractivity contribution < 1.29 is 14.3 Å². The van der Waals surface area contributed by atoms with E-state index in [0.29, 0.717) is 76.0 Å². The summed E-state index contributed by atoms with van der Waals surface area (Å²) in [5.41, 5.74) is 8.99. The van der Waals surface area contributed by atoms with Crippen LogP contribution in [-0.4, -0.2) is 66.9 Å². The lowest BCUT2D eigenvalue weighted by Gasteiger charge is -2.12. The van der Waals surface area contributed by atoms with Gasteiger partial charge in [-0.05, 0) is 41.8 Å². The molecule has 42 heavy (non-hydrogen) atoms. The van der Waals surface area contributed by atoms with Crippen molar-refractivity contribution in [2.24, 2.45) is 5.73 Å². The second-order valence-corrected chi connectivity index (χ2v) is 9.28. The van der Waals surface area contributed by atoms with Crippen LogP contribution < -0.4 is 27.0 Å². The number of hydrogen-bond donors (Lipinski definition) is 5. The van der Waals surface area contributed by atoms with E-state index >= 15 is 0 Å². The number of rotatable bonds is 18. The number of anilines is 4. The van der Waals surface area contributed by atoms with Crippen LogP contribution in [0.15, 0.2) is 84.9 Å². The zero-order chi connectivity index (χ0) is 29.2. The van der Waals surface area contributed by atoms with Gasteiger partial charge in [0.25, 0.3) is 5.91 Å². The summed E-state index contributed by atoms with van der Waals surface area (Å²) in [6.07, 6.45) is 0.834. The quantitative estimate of drug-likeness (QED) is 0.112. The normalized spacial score (nSPS) is 10.7. The predicted molar refractivity (Wildman–Crippen MR) is 165 cm³/mol. The summed E-state index contributed by atoms with van der Waals surface area (Å²) in [5.74, 6) is 1.11. The molecule has 0 aliphatic carbocycles. The Morgan fingerprint density at radius 2 is 1.29 bits per heavy atom. The van der Waals surface area contributed by atoms with Crippen LogP contribution in [0.3, 0.4) is 0 Å². The van der Waals surface area contributed by atoms with Crippen molar-refractivity contribution in [1.82, 2.24) is 20.3 Å². The van der Waals surface area contributed by atoms with Gasteiger partial charge in [0.1, 0.15) is 0 Å². The number of carbonyl (C=O) groups is 1. The Bertz CT molecular complexity index is 1340. The Morgan fingerprint density at radius 1 is 0.667 bits per heavy atom. The fraction of sp³-hybridized carbons (Fsp3) is 0.290. The average molecular weight is 571 g/mol. The van der Waals surface area contributed by atoms with Crippen LogP contribution in [0, 0.1) is 0 Å². The van der Waals surface area contributed by atoms with E-state index in [2.05, 4.69) is 48.4 Å². The zero-order valence-corrected chi connectivity index (χ0v) is 23.6. The van der Waals surface area contributed by atoms with E-state index < -0.39 is 0 Å². The number of nitrogens with two attached hydrogens (primary N) is 1. The Hall–Kier alpha value is -4.58. The summed E-state index contributed by atoms with van der Waals surface area (Å²) >= 11 is 0. The molecule has 4 aromatic rings. The van der Waals surface area contributed by atoms with Crippen LogP contribution in [0.1, 0.15) is 21.5 Å². The number of hydrogen-bond acceptors (Lipinski definition) is 10. The molecule has 1 amide bonds. The molecule has 0 atom stereocenters. The summed E-state index contributed by atoms with van der Waals surface area (Å²) in [6.45, 7) is 3.99. The van der Waals surface area contributed by atoms with Gasteiger partial charge >= 0.3 is 0 Å². The number of amides is 1. The third-order valence-electron chi connectivity index (χ3n) is 6.04. The largest absolute Gasteiger partial charge is 0.378 e. The van der Waals surface area contributed by atoms with Crippen molar-refractivity contribution in [3.05, 3.63) is 102 Å². The highest BCUT2D eigenvalue weighted by Gasteiger charge is 2.09. The lowest BCUT2D eigenvalue weighted by molar-refractivity contribution is 0.0511. The van der Waals surface area contributed by atoms with Gasteiger partial charge in [-0.3, -0.25) is 4.79 Å². The molecule has 3 aromatic carbocycles. The number of nitrogens with one attached hydrogen (secondary N) is 4. The molecular weight excluding hydrogens is 532 g/mol. The molecule has 0 bridgehead atoms. The molecule has 0 saturated carbocycles. The molecule has 0 unspecified atom stereocenters. The molecule has 0 radical (unpaired) electrons. The summed E-state index contributed by atoms with van der Waals surface area (Å²) in [5, 5.41) is 12.7. The van der Waals surface area contributed by atoms with E-state index in [1.165, 1.54) is 5.56 Å². The van der Waals surface area contributed by atoms with Gasteiger partial charge in [0, 0.05) is 37.4 Å². The number of nitrogens with zero attached hydrogens (tertiary/aromatic N) is 3. The third-order valence-corrected chi connectivity index (χ3v) is 6.04. The van der Waals surface area contributed by atoms with Crippen LogP contribution in [0.25, 0.3) is 0 Å². The third kappa shape index (κ3) is 10.8. The molecule has 11 heteroatoms. The molecule has 6 N–H and O–H groups in total. The van der Waals surface area contributed by atoms with Gasteiger partial charge in [-0.15, -0.1) is 0 Å². The van der Waals surface area contributed by atoms with E-state index in [0.717, 1.165) is 17.7 Å². The van der Waals surface area contributed by atoms with Gasteiger partial charge in [-0.1, -0.05) is 60.7 Å². The first-order valence-corrected chi connectivity index (χ1v) is 14.0. The monoisotopic (exact) mass is 570 g/mol. The summed E-state index contributed by atoms with van der Waals surface area (Å²) in [4.78, 5) is 26.2. The smallest absolute Gasteiger partial charge is 0.251 e. The Morgan fingerprint density at radius 3 is 1.98 bits per heavy atom. The van der Waals surface area contributed by atoms with E-state index in [1.54, 1.807) is 12.1 Å². The minimum atomic E-state index is -0.179. The fourth-order valence-electron chi connectivity index (χ4n) is 3.91. The number of aromatic nitrogens is 3. The van der Waals surface area contributed by atoms with Gasteiger partial charge in [-0.2, -0.15) is 15.0 Å². The topological polar surface area (TPSA) is 148 Å². The number of benzene rings is 3. The molecule has 4 rings (SSSR count). The van der Waals surface area contributed by atoms with Gasteiger partial charge in [0.05, 0.1) is 26.4 Å². The molecule has 0 saturated heterocycles. The summed E-state index contributed by atoms with van der Waals surface area (Å²) < 4.78 is 10.7. The standard InChI is InChI=1S/C31H38N8O3/c32-16-19-41-21-22-42-20-18-33-28(40)26-11-13-27(14-12-26)36-31-38-29(34-17-15-24-7-3-1-4-8-24)37-30(39-31)35-23-25-9-5-2-6-10-25/h1-14H,15-23,32H2,(H,33,40)(H3,34,35,36,37,38,39). The van der Waals surface area contributed by atoms with Crippen molar-refractivity contribution in [1.29, 1.82) is 0 Å². The molecule has 11 nitrogen and oxygen atoms in total. The molecule has 0 spiro atoms. The van der Waals surface area contributed by atoms with Crippen molar-refractivity contribution in [3.8, 4) is 0 Å². The molecule has 0 fully saturated rings. The van der Waals surface area contributed by atoms with E-state index in [9.17, 15) is 4.79 Å². The van der Waals surface area contributed by atoms with E-state index in [-0.39, 0.29) is 5.91 Å². The highest BCUT2D eigenvalue weighted by atomic mass is 16.5. The van der Waals surface area contributed by atoms with Crippen LogP contribution in [-0.2, 0) is 22.4 Å². The molecular formula is C31H38N8O3. The van der Waals surface area contributed by atoms with Crippen molar-refractivity contribution >= 4 is 29.4 Å². The van der Waals surface area contributed by atoms with Gasteiger partial charge in [-0.25, -0.2) is 0 Å². The summed E-state index contributed by atoms with van der Waals surface area (Å²) in [6, 6.07) is 27.4. The Labute approximate surface area is 246 Å². The second-order valence-electron chi connectivity index (χ2n) is 9.28. The number of ether oxygens (including phenoxy) is 2. The fourth-order valence-corrected chi connectivity index (χ4v) is 3.91. The van der Waals surface area contributed by atoms with E-state index in [1.807, 2.05) is 60.7 Å². The highest BCUT2D eigenvalue weighted by Crippen LogP contribution is 2.17. The Balaban J connectivity index is 1.33. The molecule has 1 heterocycles. The minimum absolute atomic E-state index is 0.179. The summed E-state index contributed by atoms with van der Waals surface area (Å²) in [7, 11) is 0. The second kappa shape index (κ2) is 17.3. The minimum Gasteiger partial charge on any atom is -0.378 e. The Kier molecular flexibility index (Phi) is 12.5. The predicted octanol–water partition coefficient (Wildman–Crippen LogP) is 3.60. The molecule has 0 aliphatic heterocycles. The maximum atomic E-state index is 12.5. The number of carbonyl (C=O) groups excluding carboxylic acids is 1. The average Bonchev–Trinajstić information content (AvgIpc) is 3.02. The molecule has 1 aromatic heterocycles. The van der Waals surface area contributed by atoms with E-state index in [4.69, 9.17) is 15.2 Å². The first-order chi connectivity index (χ1) is 20.7. The highest BCUT2D eigenvalue weighted by molar-refractivity contribution is 5.94. The van der Waals surface area contributed by atoms with Crippen molar-refractivity contribution in [3.63, 3.8) is 0 Å². The van der Waals surface area contributed by atoms with Crippen LogP contribution in [0.2, 0.25) is 0 Å². The zero-order valence-electron chi connectivity index (χ0n) is 23.6.